The van der Waals surface area contributed by atoms with Crippen LogP contribution >= 0.6 is 0 Å². The van der Waals surface area contributed by atoms with Crippen LogP contribution in [0.15, 0.2) is 24.3 Å². The standard InChI is InChI=1S/C39H76N2O/c1-3-5-7-9-11-13-15-17-19-20-22-24-26-28-30-32-36-41-37-33-35-38(39(40)42)34-31-29-27-25-23-21-18-16-14-12-10-8-6-4-2/h17-19,21,38,41H,3-16,20,22-37H2,1-2H3,(H2,40,42). The van der Waals surface area contributed by atoms with E-state index < -0.39 is 0 Å². The first-order valence-corrected chi connectivity index (χ1v) is 19.0. The fourth-order valence-corrected chi connectivity index (χ4v) is 5.81. The number of rotatable bonds is 35. The molecule has 0 radical (unpaired) electrons. The third-order valence-electron chi connectivity index (χ3n) is 8.74. The lowest BCUT2D eigenvalue weighted by Crippen LogP contribution is -2.25. The summed E-state index contributed by atoms with van der Waals surface area (Å²) >= 11 is 0. The summed E-state index contributed by atoms with van der Waals surface area (Å²) in [6.45, 7) is 6.68. The maximum absolute atomic E-state index is 11.9. The third kappa shape index (κ3) is 33.4. The van der Waals surface area contributed by atoms with Crippen LogP contribution in [0.2, 0.25) is 0 Å². The Morgan fingerprint density at radius 2 is 0.810 bits per heavy atom. The molecule has 0 aromatic heterocycles. The molecule has 0 aliphatic rings. The normalized spacial score (nSPS) is 12.6. The molecule has 0 aliphatic heterocycles. The zero-order valence-corrected chi connectivity index (χ0v) is 28.8. The molecule has 0 rings (SSSR count). The Bertz CT molecular complexity index is 585. The number of primary amides is 1. The van der Waals surface area contributed by atoms with Gasteiger partial charge in [0.1, 0.15) is 0 Å². The Labute approximate surface area is 264 Å². The second-order valence-electron chi connectivity index (χ2n) is 12.9. The Morgan fingerprint density at radius 1 is 0.476 bits per heavy atom. The Kier molecular flexibility index (Phi) is 35.2. The molecule has 0 spiro atoms. The molecular weight excluding hydrogens is 512 g/mol. The van der Waals surface area contributed by atoms with Crippen molar-refractivity contribution in [1.82, 2.24) is 5.32 Å². The summed E-state index contributed by atoms with van der Waals surface area (Å²) in [5, 5.41) is 3.58. The number of carbonyl (C=O) groups is 1. The predicted molar refractivity (Wildman–Crippen MR) is 189 cm³/mol. The number of amides is 1. The average Bonchev–Trinajstić information content (AvgIpc) is 2.99. The zero-order valence-electron chi connectivity index (χ0n) is 28.8. The molecule has 0 saturated heterocycles. The lowest BCUT2D eigenvalue weighted by atomic mass is 9.95. The van der Waals surface area contributed by atoms with Gasteiger partial charge in [0.2, 0.25) is 5.91 Å². The van der Waals surface area contributed by atoms with Gasteiger partial charge in [0.15, 0.2) is 0 Å². The van der Waals surface area contributed by atoms with Crippen LogP contribution in [0.3, 0.4) is 0 Å². The number of hydrogen-bond acceptors (Lipinski definition) is 2. The molecule has 0 fully saturated rings. The van der Waals surface area contributed by atoms with E-state index in [-0.39, 0.29) is 11.8 Å². The minimum absolute atomic E-state index is 0.0643. The maximum atomic E-state index is 11.9. The van der Waals surface area contributed by atoms with Crippen LogP contribution in [-0.2, 0) is 4.79 Å². The van der Waals surface area contributed by atoms with Gasteiger partial charge in [-0.15, -0.1) is 0 Å². The number of nitrogens with one attached hydrogen (secondary N) is 1. The van der Waals surface area contributed by atoms with Crippen molar-refractivity contribution in [2.24, 2.45) is 11.7 Å². The van der Waals surface area contributed by atoms with Gasteiger partial charge in [0, 0.05) is 5.92 Å². The van der Waals surface area contributed by atoms with Crippen molar-refractivity contribution in [1.29, 1.82) is 0 Å². The minimum Gasteiger partial charge on any atom is -0.369 e. The second-order valence-corrected chi connectivity index (χ2v) is 12.9. The van der Waals surface area contributed by atoms with Crippen molar-refractivity contribution in [3.8, 4) is 0 Å². The SMILES string of the molecule is CCCCCCCCC=CCCCCCCCCNCCCC(CCCCCCC=CCCCCCCCC)C(N)=O. The van der Waals surface area contributed by atoms with Gasteiger partial charge >= 0.3 is 0 Å². The molecule has 42 heavy (non-hydrogen) atoms. The van der Waals surface area contributed by atoms with Gasteiger partial charge < -0.3 is 11.1 Å². The lowest BCUT2D eigenvalue weighted by molar-refractivity contribution is -0.122. The largest absolute Gasteiger partial charge is 0.369 e. The molecule has 0 heterocycles. The van der Waals surface area contributed by atoms with E-state index >= 15 is 0 Å². The molecule has 0 aromatic carbocycles. The first kappa shape index (κ1) is 40.9. The van der Waals surface area contributed by atoms with Gasteiger partial charge in [-0.25, -0.2) is 0 Å². The first-order chi connectivity index (χ1) is 20.7. The van der Waals surface area contributed by atoms with Crippen molar-refractivity contribution < 1.29 is 4.79 Å². The third-order valence-corrected chi connectivity index (χ3v) is 8.74. The fourth-order valence-electron chi connectivity index (χ4n) is 5.81. The summed E-state index contributed by atoms with van der Waals surface area (Å²) in [4.78, 5) is 11.9. The van der Waals surface area contributed by atoms with E-state index in [0.717, 1.165) is 38.8 Å². The highest BCUT2D eigenvalue weighted by atomic mass is 16.1. The monoisotopic (exact) mass is 589 g/mol. The molecule has 0 bridgehead atoms. The summed E-state index contributed by atoms with van der Waals surface area (Å²) in [7, 11) is 0. The van der Waals surface area contributed by atoms with Crippen LogP contribution in [0.4, 0.5) is 0 Å². The Balaban J connectivity index is 3.43. The van der Waals surface area contributed by atoms with E-state index in [1.165, 1.54) is 161 Å². The Morgan fingerprint density at radius 3 is 1.24 bits per heavy atom. The quantitative estimate of drug-likeness (QED) is 0.0571. The van der Waals surface area contributed by atoms with Crippen molar-refractivity contribution in [3.05, 3.63) is 24.3 Å². The maximum Gasteiger partial charge on any atom is 0.220 e. The average molecular weight is 589 g/mol. The molecular formula is C39H76N2O. The first-order valence-electron chi connectivity index (χ1n) is 19.0. The van der Waals surface area contributed by atoms with E-state index in [4.69, 9.17) is 5.73 Å². The highest BCUT2D eigenvalue weighted by molar-refractivity contribution is 5.76. The molecule has 3 heteroatoms. The molecule has 0 saturated carbocycles. The molecule has 3 N–H and O–H groups in total. The van der Waals surface area contributed by atoms with Crippen molar-refractivity contribution in [3.63, 3.8) is 0 Å². The number of nitrogens with two attached hydrogens (primary N) is 1. The number of unbranched alkanes of at least 4 members (excludes halogenated alkanes) is 22. The van der Waals surface area contributed by atoms with Gasteiger partial charge in [-0.3, -0.25) is 4.79 Å². The topological polar surface area (TPSA) is 55.1 Å². The van der Waals surface area contributed by atoms with Gasteiger partial charge in [0.25, 0.3) is 0 Å². The van der Waals surface area contributed by atoms with Crippen LogP contribution in [-0.4, -0.2) is 19.0 Å². The van der Waals surface area contributed by atoms with Crippen LogP contribution in [0, 0.1) is 5.92 Å². The number of carbonyl (C=O) groups excluding carboxylic acids is 1. The number of hydrogen-bond donors (Lipinski definition) is 2. The van der Waals surface area contributed by atoms with Crippen molar-refractivity contribution in [2.45, 2.75) is 200 Å². The molecule has 0 aliphatic carbocycles. The van der Waals surface area contributed by atoms with Crippen molar-refractivity contribution in [2.75, 3.05) is 13.1 Å². The molecule has 248 valence electrons. The Hall–Kier alpha value is -1.09. The van der Waals surface area contributed by atoms with Gasteiger partial charge in [0.05, 0.1) is 0 Å². The minimum atomic E-state index is -0.0964. The number of allylic oxidation sites excluding steroid dienone is 4. The highest BCUT2D eigenvalue weighted by Gasteiger charge is 2.14. The van der Waals surface area contributed by atoms with Crippen molar-refractivity contribution >= 4 is 5.91 Å². The highest BCUT2D eigenvalue weighted by Crippen LogP contribution is 2.17. The summed E-state index contributed by atoms with van der Waals surface area (Å²) in [5.41, 5.74) is 5.70. The smallest absolute Gasteiger partial charge is 0.220 e. The van der Waals surface area contributed by atoms with E-state index in [0.29, 0.717) is 0 Å². The summed E-state index contributed by atoms with van der Waals surface area (Å²) in [6, 6.07) is 0. The second kappa shape index (κ2) is 36.1. The van der Waals surface area contributed by atoms with Crippen LogP contribution in [0.1, 0.15) is 200 Å². The predicted octanol–water partition coefficient (Wildman–Crippen LogP) is 12.1. The summed E-state index contributed by atoms with van der Waals surface area (Å²) in [6.07, 6.45) is 47.2. The molecule has 1 unspecified atom stereocenters. The van der Waals surface area contributed by atoms with Gasteiger partial charge in [-0.2, -0.15) is 0 Å². The summed E-state index contributed by atoms with van der Waals surface area (Å²) < 4.78 is 0. The van der Waals surface area contributed by atoms with Gasteiger partial charge in [-0.05, 0) is 90.1 Å². The van der Waals surface area contributed by atoms with Gasteiger partial charge in [-0.1, -0.05) is 147 Å². The molecule has 3 nitrogen and oxygen atoms in total. The van der Waals surface area contributed by atoms with Crippen LogP contribution in [0.5, 0.6) is 0 Å². The van der Waals surface area contributed by atoms with E-state index in [1.807, 2.05) is 0 Å². The van der Waals surface area contributed by atoms with Crippen LogP contribution < -0.4 is 11.1 Å². The zero-order chi connectivity index (χ0) is 30.6. The summed E-state index contributed by atoms with van der Waals surface area (Å²) in [5.74, 6) is -0.0321. The van der Waals surface area contributed by atoms with Crippen LogP contribution in [0.25, 0.3) is 0 Å². The molecule has 1 amide bonds. The lowest BCUT2D eigenvalue weighted by Gasteiger charge is -2.13. The molecule has 0 aromatic rings. The van der Waals surface area contributed by atoms with E-state index in [9.17, 15) is 4.79 Å². The van der Waals surface area contributed by atoms with E-state index in [1.54, 1.807) is 0 Å². The van der Waals surface area contributed by atoms with E-state index in [2.05, 4.69) is 43.5 Å². The fraction of sp³-hybridized carbons (Fsp3) is 0.872. The molecule has 1 atom stereocenters.